The van der Waals surface area contributed by atoms with Crippen molar-refractivity contribution in [3.05, 3.63) is 48.0 Å². The zero-order valence-corrected chi connectivity index (χ0v) is 12.8. The van der Waals surface area contributed by atoms with Crippen LogP contribution in [-0.4, -0.2) is 19.1 Å². The van der Waals surface area contributed by atoms with Crippen LogP contribution in [0.4, 0.5) is 0 Å². The van der Waals surface area contributed by atoms with Crippen molar-refractivity contribution < 1.29 is 9.53 Å². The molecule has 21 heavy (non-hydrogen) atoms. The molecule has 0 aliphatic rings. The Morgan fingerprint density at radius 3 is 2.52 bits per heavy atom. The van der Waals surface area contributed by atoms with Gasteiger partial charge in [-0.25, -0.2) is 0 Å². The van der Waals surface area contributed by atoms with E-state index >= 15 is 0 Å². The van der Waals surface area contributed by atoms with Gasteiger partial charge in [-0.2, -0.15) is 0 Å². The molecule has 2 aromatic carbocycles. The van der Waals surface area contributed by atoms with Crippen molar-refractivity contribution in [1.29, 1.82) is 0 Å². The molecule has 3 heteroatoms. The summed E-state index contributed by atoms with van der Waals surface area (Å²) in [5.41, 5.74) is 6.45. The van der Waals surface area contributed by atoms with Gasteiger partial charge in [0.25, 0.3) is 0 Å². The predicted octanol–water partition coefficient (Wildman–Crippen LogP) is 3.30. The van der Waals surface area contributed by atoms with Crippen LogP contribution < -0.4 is 5.73 Å². The number of hydrogen-bond acceptors (Lipinski definition) is 3. The minimum atomic E-state index is -0.639. The fourth-order valence-electron chi connectivity index (χ4n) is 2.74. The number of ether oxygens (including phenoxy) is 1. The lowest BCUT2D eigenvalue weighted by Gasteiger charge is -2.29. The Kier molecular flexibility index (Phi) is 4.97. The van der Waals surface area contributed by atoms with Gasteiger partial charge in [-0.05, 0) is 36.1 Å². The maximum absolute atomic E-state index is 12.4. The lowest BCUT2D eigenvalue weighted by atomic mass is 9.78. The van der Waals surface area contributed by atoms with Gasteiger partial charge in [-0.1, -0.05) is 49.4 Å². The van der Waals surface area contributed by atoms with Crippen LogP contribution in [0.2, 0.25) is 0 Å². The van der Waals surface area contributed by atoms with E-state index in [1.54, 1.807) is 0 Å². The van der Waals surface area contributed by atoms with Crippen molar-refractivity contribution in [1.82, 2.24) is 0 Å². The molecule has 2 rings (SSSR count). The van der Waals surface area contributed by atoms with E-state index in [2.05, 4.69) is 24.3 Å². The third kappa shape index (κ3) is 3.08. The van der Waals surface area contributed by atoms with Gasteiger partial charge >= 0.3 is 5.97 Å². The SMILES string of the molecule is CCOC(=O)C(CC)(CN)Cc1cccc2ccccc12. The van der Waals surface area contributed by atoms with Crippen molar-refractivity contribution in [3.63, 3.8) is 0 Å². The smallest absolute Gasteiger partial charge is 0.313 e. The third-order valence-electron chi connectivity index (χ3n) is 4.18. The Morgan fingerprint density at radius 1 is 1.14 bits per heavy atom. The lowest BCUT2D eigenvalue weighted by molar-refractivity contribution is -0.155. The number of carbonyl (C=O) groups excluding carboxylic acids is 1. The van der Waals surface area contributed by atoms with E-state index in [-0.39, 0.29) is 5.97 Å². The molecule has 1 unspecified atom stereocenters. The molecular weight excluding hydrogens is 262 g/mol. The van der Waals surface area contributed by atoms with Gasteiger partial charge in [0.1, 0.15) is 0 Å². The zero-order chi connectivity index (χ0) is 15.3. The van der Waals surface area contributed by atoms with Crippen LogP contribution in [0.5, 0.6) is 0 Å². The molecule has 1 atom stereocenters. The molecule has 0 saturated carbocycles. The fraction of sp³-hybridized carbons (Fsp3) is 0.389. The van der Waals surface area contributed by atoms with Crippen molar-refractivity contribution in [3.8, 4) is 0 Å². The van der Waals surface area contributed by atoms with Crippen LogP contribution in [0.1, 0.15) is 25.8 Å². The Bertz CT molecular complexity index is 612. The average molecular weight is 285 g/mol. The Labute approximate surface area is 126 Å². The number of hydrogen-bond donors (Lipinski definition) is 1. The molecule has 0 spiro atoms. The minimum absolute atomic E-state index is 0.192. The topological polar surface area (TPSA) is 52.3 Å². The van der Waals surface area contributed by atoms with Crippen LogP contribution in [-0.2, 0) is 16.0 Å². The molecule has 0 amide bonds. The van der Waals surface area contributed by atoms with E-state index in [1.807, 2.05) is 32.0 Å². The Hall–Kier alpha value is -1.87. The van der Waals surface area contributed by atoms with Crippen LogP contribution in [0.25, 0.3) is 10.8 Å². The molecule has 112 valence electrons. The van der Waals surface area contributed by atoms with E-state index in [1.165, 1.54) is 10.8 Å². The summed E-state index contributed by atoms with van der Waals surface area (Å²) in [7, 11) is 0. The van der Waals surface area contributed by atoms with E-state index in [0.717, 1.165) is 5.56 Å². The van der Waals surface area contributed by atoms with E-state index in [9.17, 15) is 4.79 Å². The van der Waals surface area contributed by atoms with Crippen LogP contribution in [0.15, 0.2) is 42.5 Å². The zero-order valence-electron chi connectivity index (χ0n) is 12.8. The fourth-order valence-corrected chi connectivity index (χ4v) is 2.74. The van der Waals surface area contributed by atoms with Crippen molar-refractivity contribution in [2.75, 3.05) is 13.2 Å². The number of carbonyl (C=O) groups is 1. The quantitative estimate of drug-likeness (QED) is 0.828. The first kappa shape index (κ1) is 15.5. The number of esters is 1. The van der Waals surface area contributed by atoms with Gasteiger partial charge in [0.15, 0.2) is 0 Å². The lowest BCUT2D eigenvalue weighted by Crippen LogP contribution is -2.41. The largest absolute Gasteiger partial charge is 0.466 e. The van der Waals surface area contributed by atoms with Gasteiger partial charge < -0.3 is 10.5 Å². The second-order valence-electron chi connectivity index (χ2n) is 5.37. The van der Waals surface area contributed by atoms with Crippen molar-refractivity contribution >= 4 is 16.7 Å². The summed E-state index contributed by atoms with van der Waals surface area (Å²) in [5, 5.41) is 2.36. The minimum Gasteiger partial charge on any atom is -0.466 e. The molecule has 0 saturated heterocycles. The summed E-state index contributed by atoms with van der Waals surface area (Å²) in [6.07, 6.45) is 1.28. The van der Waals surface area contributed by atoms with Crippen molar-refractivity contribution in [2.24, 2.45) is 11.1 Å². The summed E-state index contributed by atoms with van der Waals surface area (Å²) in [5.74, 6) is -0.192. The monoisotopic (exact) mass is 285 g/mol. The second-order valence-corrected chi connectivity index (χ2v) is 5.37. The molecule has 0 aromatic heterocycles. The molecule has 0 aliphatic heterocycles. The van der Waals surface area contributed by atoms with Crippen molar-refractivity contribution in [2.45, 2.75) is 26.7 Å². The molecule has 2 N–H and O–H groups in total. The maximum Gasteiger partial charge on any atom is 0.313 e. The third-order valence-corrected chi connectivity index (χ3v) is 4.18. The highest BCUT2D eigenvalue weighted by molar-refractivity contribution is 5.87. The Balaban J connectivity index is 2.42. The summed E-state index contributed by atoms with van der Waals surface area (Å²) in [6.45, 7) is 4.50. The predicted molar refractivity (Wildman–Crippen MR) is 86.1 cm³/mol. The summed E-state index contributed by atoms with van der Waals surface area (Å²) in [6, 6.07) is 14.4. The van der Waals surface area contributed by atoms with Gasteiger partial charge in [0.05, 0.1) is 12.0 Å². The maximum atomic E-state index is 12.4. The first-order chi connectivity index (χ1) is 10.2. The second kappa shape index (κ2) is 6.72. The number of benzene rings is 2. The van der Waals surface area contributed by atoms with Crippen LogP contribution >= 0.6 is 0 Å². The summed E-state index contributed by atoms with van der Waals surface area (Å²) >= 11 is 0. The van der Waals surface area contributed by atoms with Gasteiger partial charge in [0, 0.05) is 6.54 Å². The van der Waals surface area contributed by atoms with Crippen LogP contribution in [0.3, 0.4) is 0 Å². The Morgan fingerprint density at radius 2 is 1.86 bits per heavy atom. The first-order valence-electron chi connectivity index (χ1n) is 7.50. The summed E-state index contributed by atoms with van der Waals surface area (Å²) < 4.78 is 5.25. The summed E-state index contributed by atoms with van der Waals surface area (Å²) in [4.78, 5) is 12.4. The molecule has 0 heterocycles. The number of rotatable bonds is 6. The van der Waals surface area contributed by atoms with Gasteiger partial charge in [-0.15, -0.1) is 0 Å². The highest BCUT2D eigenvalue weighted by atomic mass is 16.5. The highest BCUT2D eigenvalue weighted by Crippen LogP contribution is 2.31. The molecule has 0 aliphatic carbocycles. The molecule has 0 fully saturated rings. The molecule has 0 bridgehead atoms. The number of nitrogens with two attached hydrogens (primary N) is 1. The molecule has 2 aromatic rings. The van der Waals surface area contributed by atoms with E-state index < -0.39 is 5.41 Å². The standard InChI is InChI=1S/C18H23NO2/c1-3-18(13-19,17(20)21-4-2)12-15-10-7-9-14-8-5-6-11-16(14)15/h5-11H,3-4,12-13,19H2,1-2H3. The van der Waals surface area contributed by atoms with Gasteiger partial charge in [0.2, 0.25) is 0 Å². The van der Waals surface area contributed by atoms with Gasteiger partial charge in [-0.3, -0.25) is 4.79 Å². The molecule has 0 radical (unpaired) electrons. The molecule has 3 nitrogen and oxygen atoms in total. The first-order valence-corrected chi connectivity index (χ1v) is 7.50. The highest BCUT2D eigenvalue weighted by Gasteiger charge is 2.37. The van der Waals surface area contributed by atoms with E-state index in [0.29, 0.717) is 26.0 Å². The van der Waals surface area contributed by atoms with Crippen LogP contribution in [0, 0.1) is 5.41 Å². The normalized spacial score (nSPS) is 13.9. The molecular formula is C18H23NO2. The average Bonchev–Trinajstić information content (AvgIpc) is 2.53. The number of fused-ring (bicyclic) bond motifs is 1. The van der Waals surface area contributed by atoms with E-state index in [4.69, 9.17) is 10.5 Å².